The lowest BCUT2D eigenvalue weighted by Gasteiger charge is -2.05. The topological polar surface area (TPSA) is 43.3 Å². The average Bonchev–Trinajstić information content (AvgIpc) is 2.62. The molecule has 2 rings (SSSR count). The number of aryl methyl sites for hydroxylation is 1. The van der Waals surface area contributed by atoms with Crippen LogP contribution in [0.25, 0.3) is 5.52 Å². The molecule has 0 bridgehead atoms. The zero-order valence-electron chi connectivity index (χ0n) is 8.40. The maximum absolute atomic E-state index is 5.69. The lowest BCUT2D eigenvalue weighted by molar-refractivity contribution is 0.802. The quantitative estimate of drug-likeness (QED) is 0.799. The molecule has 0 atom stereocenters. The van der Waals surface area contributed by atoms with Gasteiger partial charge in [-0.1, -0.05) is 13.0 Å². The largest absolute Gasteiger partial charge is 0.325 e. The minimum absolute atomic E-state index is 0.560. The highest BCUT2D eigenvalue weighted by molar-refractivity contribution is 5.47. The molecule has 0 aromatic carbocycles. The Morgan fingerprint density at radius 1 is 1.43 bits per heavy atom. The fraction of sp³-hybridized carbons (Fsp3) is 0.364. The normalized spacial score (nSPS) is 11.0. The molecule has 14 heavy (non-hydrogen) atoms. The predicted molar refractivity (Wildman–Crippen MR) is 57.1 cm³/mol. The van der Waals surface area contributed by atoms with Crippen LogP contribution in [0.4, 0.5) is 0 Å². The summed E-state index contributed by atoms with van der Waals surface area (Å²) in [7, 11) is 0. The van der Waals surface area contributed by atoms with E-state index in [0.29, 0.717) is 6.54 Å². The molecule has 0 unspecified atom stereocenters. The van der Waals surface area contributed by atoms with Gasteiger partial charge in [0.05, 0.1) is 11.7 Å². The fourth-order valence-corrected chi connectivity index (χ4v) is 1.75. The Morgan fingerprint density at radius 3 is 3.00 bits per heavy atom. The Labute approximate surface area is 83.6 Å². The number of hydrogen-bond donors (Lipinski definition) is 1. The van der Waals surface area contributed by atoms with Gasteiger partial charge in [0.2, 0.25) is 0 Å². The maximum Gasteiger partial charge on any atom is 0.113 e. The molecule has 0 aliphatic heterocycles. The first-order chi connectivity index (χ1) is 6.86. The van der Waals surface area contributed by atoms with E-state index in [1.807, 2.05) is 18.3 Å². The Morgan fingerprint density at radius 2 is 2.29 bits per heavy atom. The zero-order valence-corrected chi connectivity index (χ0v) is 8.40. The average molecular weight is 189 g/mol. The third-order valence-corrected chi connectivity index (χ3v) is 2.39. The van der Waals surface area contributed by atoms with E-state index in [-0.39, 0.29) is 0 Å². The van der Waals surface area contributed by atoms with Crippen molar-refractivity contribution < 1.29 is 0 Å². The van der Waals surface area contributed by atoms with E-state index in [2.05, 4.69) is 22.4 Å². The molecule has 2 aromatic heterocycles. The SMILES string of the molecule is CCCc1ncc2cccc(CN)n12. The number of nitrogens with zero attached hydrogens (tertiary/aromatic N) is 2. The van der Waals surface area contributed by atoms with Gasteiger partial charge >= 0.3 is 0 Å². The van der Waals surface area contributed by atoms with Gasteiger partial charge < -0.3 is 5.73 Å². The van der Waals surface area contributed by atoms with Crippen molar-refractivity contribution >= 4 is 5.52 Å². The third kappa shape index (κ3) is 1.40. The molecule has 2 aromatic rings. The summed E-state index contributed by atoms with van der Waals surface area (Å²) in [6, 6.07) is 6.13. The van der Waals surface area contributed by atoms with E-state index in [4.69, 9.17) is 5.73 Å². The van der Waals surface area contributed by atoms with Crippen LogP contribution in [0.5, 0.6) is 0 Å². The molecule has 0 aliphatic carbocycles. The lowest BCUT2D eigenvalue weighted by atomic mass is 10.3. The van der Waals surface area contributed by atoms with Crippen LogP contribution in [0, 0.1) is 0 Å². The molecule has 0 saturated carbocycles. The minimum Gasteiger partial charge on any atom is -0.325 e. The molecule has 74 valence electrons. The van der Waals surface area contributed by atoms with Gasteiger partial charge in [-0.3, -0.25) is 4.40 Å². The Balaban J connectivity index is 2.62. The van der Waals surface area contributed by atoms with Crippen molar-refractivity contribution in [3.8, 4) is 0 Å². The molecule has 3 nitrogen and oxygen atoms in total. The highest BCUT2D eigenvalue weighted by Crippen LogP contribution is 2.11. The van der Waals surface area contributed by atoms with E-state index in [0.717, 1.165) is 29.9 Å². The lowest BCUT2D eigenvalue weighted by Crippen LogP contribution is -2.06. The Hall–Kier alpha value is -1.35. The summed E-state index contributed by atoms with van der Waals surface area (Å²) in [5, 5.41) is 0. The molecule has 2 heterocycles. The number of imidazole rings is 1. The molecule has 0 fully saturated rings. The molecule has 0 spiro atoms. The Kier molecular flexibility index (Phi) is 2.50. The summed E-state index contributed by atoms with van der Waals surface area (Å²) in [6.07, 6.45) is 4.02. The third-order valence-electron chi connectivity index (χ3n) is 2.39. The second kappa shape index (κ2) is 3.80. The van der Waals surface area contributed by atoms with Crippen molar-refractivity contribution in [2.45, 2.75) is 26.3 Å². The van der Waals surface area contributed by atoms with E-state index in [1.165, 1.54) is 0 Å². The number of pyridine rings is 1. The monoisotopic (exact) mass is 189 g/mol. The molecule has 0 saturated heterocycles. The minimum atomic E-state index is 0.560. The maximum atomic E-state index is 5.69. The summed E-state index contributed by atoms with van der Waals surface area (Å²) in [4.78, 5) is 4.40. The van der Waals surface area contributed by atoms with Crippen LogP contribution < -0.4 is 5.73 Å². The highest BCUT2D eigenvalue weighted by Gasteiger charge is 2.04. The summed E-state index contributed by atoms with van der Waals surface area (Å²) in [6.45, 7) is 2.72. The van der Waals surface area contributed by atoms with Crippen molar-refractivity contribution in [3.63, 3.8) is 0 Å². The van der Waals surface area contributed by atoms with E-state index < -0.39 is 0 Å². The number of fused-ring (bicyclic) bond motifs is 1. The van der Waals surface area contributed by atoms with Crippen molar-refractivity contribution in [1.29, 1.82) is 0 Å². The van der Waals surface area contributed by atoms with Crippen LogP contribution in [-0.2, 0) is 13.0 Å². The molecule has 2 N–H and O–H groups in total. The first kappa shape index (κ1) is 9.21. The summed E-state index contributed by atoms with van der Waals surface area (Å²) < 4.78 is 2.16. The van der Waals surface area contributed by atoms with Crippen LogP contribution in [0.3, 0.4) is 0 Å². The zero-order chi connectivity index (χ0) is 9.97. The number of hydrogen-bond acceptors (Lipinski definition) is 2. The second-order valence-electron chi connectivity index (χ2n) is 3.41. The molecule has 3 heteroatoms. The number of aromatic nitrogens is 2. The van der Waals surface area contributed by atoms with Crippen LogP contribution in [0.1, 0.15) is 24.9 Å². The fourth-order valence-electron chi connectivity index (χ4n) is 1.75. The van der Waals surface area contributed by atoms with Gasteiger partial charge in [-0.2, -0.15) is 0 Å². The van der Waals surface area contributed by atoms with Crippen LogP contribution >= 0.6 is 0 Å². The first-order valence-corrected chi connectivity index (χ1v) is 5.01. The van der Waals surface area contributed by atoms with Gasteiger partial charge in [0.25, 0.3) is 0 Å². The summed E-state index contributed by atoms with van der Waals surface area (Å²) in [5.41, 5.74) is 7.96. The highest BCUT2D eigenvalue weighted by atomic mass is 15.0. The molecular formula is C11H15N3. The molecular weight excluding hydrogens is 174 g/mol. The van der Waals surface area contributed by atoms with Gasteiger partial charge in [0.1, 0.15) is 5.82 Å². The van der Waals surface area contributed by atoms with Crippen molar-refractivity contribution in [2.24, 2.45) is 5.73 Å². The second-order valence-corrected chi connectivity index (χ2v) is 3.41. The van der Waals surface area contributed by atoms with Crippen molar-refractivity contribution in [1.82, 2.24) is 9.38 Å². The predicted octanol–water partition coefficient (Wildman–Crippen LogP) is 1.75. The summed E-state index contributed by atoms with van der Waals surface area (Å²) in [5.74, 6) is 1.11. The van der Waals surface area contributed by atoms with Gasteiger partial charge in [-0.15, -0.1) is 0 Å². The number of rotatable bonds is 3. The van der Waals surface area contributed by atoms with E-state index >= 15 is 0 Å². The van der Waals surface area contributed by atoms with Crippen LogP contribution in [0.15, 0.2) is 24.4 Å². The van der Waals surface area contributed by atoms with Gasteiger partial charge in [0, 0.05) is 18.7 Å². The van der Waals surface area contributed by atoms with Crippen LogP contribution in [0.2, 0.25) is 0 Å². The van der Waals surface area contributed by atoms with Crippen molar-refractivity contribution in [2.75, 3.05) is 0 Å². The van der Waals surface area contributed by atoms with Crippen molar-refractivity contribution in [3.05, 3.63) is 35.9 Å². The Bertz CT molecular complexity index is 431. The van der Waals surface area contributed by atoms with Gasteiger partial charge in [-0.25, -0.2) is 4.98 Å². The van der Waals surface area contributed by atoms with E-state index in [9.17, 15) is 0 Å². The first-order valence-electron chi connectivity index (χ1n) is 5.01. The molecule has 0 amide bonds. The summed E-state index contributed by atoms with van der Waals surface area (Å²) >= 11 is 0. The molecule has 0 radical (unpaired) electrons. The molecule has 0 aliphatic rings. The smallest absolute Gasteiger partial charge is 0.113 e. The van der Waals surface area contributed by atoms with Gasteiger partial charge in [-0.05, 0) is 18.6 Å². The standard InChI is InChI=1S/C11H15N3/c1-2-4-11-13-8-10-6-3-5-9(7-12)14(10)11/h3,5-6,8H,2,4,7,12H2,1H3. The van der Waals surface area contributed by atoms with Gasteiger partial charge in [0.15, 0.2) is 0 Å². The van der Waals surface area contributed by atoms with Crippen LogP contribution in [-0.4, -0.2) is 9.38 Å². The number of nitrogens with two attached hydrogens (primary N) is 1. The van der Waals surface area contributed by atoms with E-state index in [1.54, 1.807) is 0 Å².